The third-order valence-corrected chi connectivity index (χ3v) is 2.48. The van der Waals surface area contributed by atoms with Gasteiger partial charge in [0.05, 0.1) is 11.1 Å². The highest BCUT2D eigenvalue weighted by atomic mass is 35.5. The van der Waals surface area contributed by atoms with E-state index in [1.807, 2.05) is 13.8 Å². The Hall–Kier alpha value is -1.04. The fraction of sp³-hybridized carbons (Fsp3) is 0.333. The van der Waals surface area contributed by atoms with Crippen LogP contribution in [0.25, 0.3) is 0 Å². The maximum Gasteiger partial charge on any atom is 0.141 e. The predicted molar refractivity (Wildman–Crippen MR) is 61.3 cm³/mol. The molecule has 80 valence electrons. The highest BCUT2D eigenvalue weighted by molar-refractivity contribution is 6.30. The van der Waals surface area contributed by atoms with E-state index < -0.39 is 5.82 Å². The summed E-state index contributed by atoms with van der Waals surface area (Å²) in [5.74, 6) is 2.17. The van der Waals surface area contributed by atoms with Crippen LogP contribution in [0.2, 0.25) is 5.02 Å². The number of hydrogen-bond acceptors (Lipinski definition) is 1. The first-order valence-corrected chi connectivity index (χ1v) is 5.09. The zero-order valence-electron chi connectivity index (χ0n) is 8.72. The second-order valence-corrected chi connectivity index (χ2v) is 3.86. The highest BCUT2D eigenvalue weighted by Gasteiger charge is 2.09. The zero-order chi connectivity index (χ0) is 11.4. The van der Waals surface area contributed by atoms with Gasteiger partial charge in [0.1, 0.15) is 5.82 Å². The lowest BCUT2D eigenvalue weighted by molar-refractivity contribution is 0.544. The summed E-state index contributed by atoms with van der Waals surface area (Å²) in [6.07, 6.45) is 5.25. The van der Waals surface area contributed by atoms with Gasteiger partial charge in [0.15, 0.2) is 0 Å². The summed E-state index contributed by atoms with van der Waals surface area (Å²) in [6, 6.07) is 4.69. The summed E-state index contributed by atoms with van der Waals surface area (Å²) in [4.78, 5) is 0. The van der Waals surface area contributed by atoms with E-state index in [-0.39, 0.29) is 17.1 Å². The largest absolute Gasteiger partial charge is 0.297 e. The number of nitrogens with one attached hydrogen (secondary N) is 1. The van der Waals surface area contributed by atoms with Crippen LogP contribution in [0.5, 0.6) is 0 Å². The first-order chi connectivity index (χ1) is 7.04. The summed E-state index contributed by atoms with van der Waals surface area (Å²) >= 11 is 5.69. The molecule has 2 atom stereocenters. The summed E-state index contributed by atoms with van der Waals surface area (Å²) in [6.45, 7) is 3.85. The second-order valence-electron chi connectivity index (χ2n) is 3.45. The molecule has 2 unspecified atom stereocenters. The molecule has 0 amide bonds. The van der Waals surface area contributed by atoms with Gasteiger partial charge in [0, 0.05) is 6.04 Å². The number of hydrogen-bond donors (Lipinski definition) is 1. The summed E-state index contributed by atoms with van der Waals surface area (Å²) in [7, 11) is 0. The minimum atomic E-state index is -0.405. The van der Waals surface area contributed by atoms with Crippen LogP contribution in [0.1, 0.15) is 25.5 Å². The molecule has 3 heteroatoms. The normalized spacial score (nSPS) is 14.3. The van der Waals surface area contributed by atoms with Crippen LogP contribution < -0.4 is 5.32 Å². The zero-order valence-corrected chi connectivity index (χ0v) is 9.48. The van der Waals surface area contributed by atoms with Crippen molar-refractivity contribution in [3.63, 3.8) is 0 Å². The molecule has 0 aliphatic rings. The molecule has 0 bridgehead atoms. The fourth-order valence-corrected chi connectivity index (χ4v) is 1.49. The number of rotatable bonds is 3. The summed E-state index contributed by atoms with van der Waals surface area (Å²) in [5, 5.41) is 3.31. The van der Waals surface area contributed by atoms with Crippen LogP contribution in [0, 0.1) is 18.2 Å². The Balaban J connectivity index is 2.79. The van der Waals surface area contributed by atoms with Crippen LogP contribution in [0.3, 0.4) is 0 Å². The average molecular weight is 226 g/mol. The lowest BCUT2D eigenvalue weighted by Gasteiger charge is -2.16. The maximum atomic E-state index is 12.9. The van der Waals surface area contributed by atoms with Crippen molar-refractivity contribution in [3.8, 4) is 12.3 Å². The van der Waals surface area contributed by atoms with Crippen LogP contribution >= 0.6 is 11.6 Å². The maximum absolute atomic E-state index is 12.9. The van der Waals surface area contributed by atoms with Crippen molar-refractivity contribution < 1.29 is 4.39 Å². The Morgan fingerprint density at radius 3 is 2.67 bits per heavy atom. The molecule has 15 heavy (non-hydrogen) atoms. The van der Waals surface area contributed by atoms with E-state index in [0.717, 1.165) is 5.56 Å². The summed E-state index contributed by atoms with van der Waals surface area (Å²) in [5.41, 5.74) is 0.920. The molecule has 0 aliphatic heterocycles. The van der Waals surface area contributed by atoms with Crippen molar-refractivity contribution in [1.29, 1.82) is 0 Å². The van der Waals surface area contributed by atoms with Gasteiger partial charge in [0.2, 0.25) is 0 Å². The molecule has 1 nitrogen and oxygen atoms in total. The van der Waals surface area contributed by atoms with Crippen molar-refractivity contribution >= 4 is 11.6 Å². The monoisotopic (exact) mass is 225 g/mol. The lowest BCUT2D eigenvalue weighted by atomic mass is 10.1. The minimum Gasteiger partial charge on any atom is -0.297 e. The molecule has 0 heterocycles. The SMILES string of the molecule is C#CC(C)NC(C)c1ccc(F)c(Cl)c1. The number of halogens is 2. The molecule has 1 aromatic rings. The van der Waals surface area contributed by atoms with Gasteiger partial charge in [-0.05, 0) is 31.5 Å². The quantitative estimate of drug-likeness (QED) is 0.780. The van der Waals surface area contributed by atoms with Crippen molar-refractivity contribution in [3.05, 3.63) is 34.6 Å². The minimum absolute atomic E-state index is 0.0242. The van der Waals surface area contributed by atoms with Gasteiger partial charge in [-0.2, -0.15) is 0 Å². The fourth-order valence-electron chi connectivity index (χ4n) is 1.30. The number of terminal acetylenes is 1. The number of benzene rings is 1. The lowest BCUT2D eigenvalue weighted by Crippen LogP contribution is -2.27. The highest BCUT2D eigenvalue weighted by Crippen LogP contribution is 2.20. The molecule has 0 aliphatic carbocycles. The Morgan fingerprint density at radius 2 is 2.13 bits per heavy atom. The molecule has 1 aromatic carbocycles. The first kappa shape index (κ1) is 12.0. The summed E-state index contributed by atoms with van der Waals surface area (Å²) < 4.78 is 12.9. The molecule has 0 saturated heterocycles. The van der Waals surface area contributed by atoms with Gasteiger partial charge in [-0.25, -0.2) is 4.39 Å². The predicted octanol–water partition coefficient (Wildman–Crippen LogP) is 3.15. The Kier molecular flexibility index (Phi) is 4.14. The standard InChI is InChI=1S/C12H13ClFN/c1-4-8(2)15-9(3)10-5-6-12(14)11(13)7-10/h1,5-9,15H,2-3H3. The van der Waals surface area contributed by atoms with Crippen LogP contribution in [-0.4, -0.2) is 6.04 Å². The third kappa shape index (κ3) is 3.23. The third-order valence-electron chi connectivity index (χ3n) is 2.19. The van der Waals surface area contributed by atoms with Crippen LogP contribution in [-0.2, 0) is 0 Å². The van der Waals surface area contributed by atoms with Gasteiger partial charge in [-0.3, -0.25) is 5.32 Å². The van der Waals surface area contributed by atoms with E-state index in [4.69, 9.17) is 18.0 Å². The topological polar surface area (TPSA) is 12.0 Å². The van der Waals surface area contributed by atoms with Gasteiger partial charge >= 0.3 is 0 Å². The van der Waals surface area contributed by atoms with Gasteiger partial charge in [0.25, 0.3) is 0 Å². The molecule has 1 N–H and O–H groups in total. The van der Waals surface area contributed by atoms with E-state index in [2.05, 4.69) is 11.2 Å². The molecule has 0 saturated carbocycles. The second kappa shape index (κ2) is 5.16. The van der Waals surface area contributed by atoms with Gasteiger partial charge in [-0.15, -0.1) is 6.42 Å². The molecule has 0 fully saturated rings. The van der Waals surface area contributed by atoms with E-state index in [0.29, 0.717) is 0 Å². The molecule has 1 rings (SSSR count). The van der Waals surface area contributed by atoms with E-state index in [1.54, 1.807) is 12.1 Å². The molecule has 0 aromatic heterocycles. The van der Waals surface area contributed by atoms with E-state index in [1.165, 1.54) is 6.07 Å². The Labute approximate surface area is 94.6 Å². The molecular weight excluding hydrogens is 213 g/mol. The molecule has 0 radical (unpaired) electrons. The first-order valence-electron chi connectivity index (χ1n) is 4.71. The molecule has 0 spiro atoms. The smallest absolute Gasteiger partial charge is 0.141 e. The van der Waals surface area contributed by atoms with Crippen molar-refractivity contribution in [1.82, 2.24) is 5.32 Å². The van der Waals surface area contributed by atoms with Crippen LogP contribution in [0.4, 0.5) is 4.39 Å². The van der Waals surface area contributed by atoms with E-state index in [9.17, 15) is 4.39 Å². The van der Waals surface area contributed by atoms with Crippen molar-refractivity contribution in [2.24, 2.45) is 0 Å². The molecular formula is C12H13ClFN. The Morgan fingerprint density at radius 1 is 1.47 bits per heavy atom. The van der Waals surface area contributed by atoms with Crippen LogP contribution in [0.15, 0.2) is 18.2 Å². The van der Waals surface area contributed by atoms with E-state index >= 15 is 0 Å². The van der Waals surface area contributed by atoms with Crippen molar-refractivity contribution in [2.75, 3.05) is 0 Å². The average Bonchev–Trinajstić information content (AvgIpc) is 2.21. The Bertz CT molecular complexity index is 384. The van der Waals surface area contributed by atoms with Gasteiger partial charge < -0.3 is 0 Å². The van der Waals surface area contributed by atoms with Crippen molar-refractivity contribution in [2.45, 2.75) is 25.9 Å². The van der Waals surface area contributed by atoms with Gasteiger partial charge in [-0.1, -0.05) is 23.6 Å².